The molecule has 0 amide bonds. The molecule has 1 aliphatic carbocycles. The van der Waals surface area contributed by atoms with Gasteiger partial charge in [-0.05, 0) is 31.4 Å². The van der Waals surface area contributed by atoms with Gasteiger partial charge in [-0.1, -0.05) is 11.6 Å². The van der Waals surface area contributed by atoms with Gasteiger partial charge in [-0.3, -0.25) is 0 Å². The minimum absolute atomic E-state index is 0.534. The molecule has 3 rings (SSSR count). The van der Waals surface area contributed by atoms with E-state index >= 15 is 0 Å². The summed E-state index contributed by atoms with van der Waals surface area (Å²) in [4.78, 5) is 8.87. The van der Waals surface area contributed by atoms with E-state index in [1.165, 1.54) is 37.2 Å². The van der Waals surface area contributed by atoms with Crippen LogP contribution >= 0.6 is 23.4 Å². The van der Waals surface area contributed by atoms with Crippen molar-refractivity contribution >= 4 is 29.2 Å². The van der Waals surface area contributed by atoms with Crippen LogP contribution in [-0.4, -0.2) is 27.5 Å². The monoisotopic (exact) mass is 269 g/mol. The largest absolute Gasteiger partial charge is 0.366 e. The quantitative estimate of drug-likeness (QED) is 0.855. The van der Waals surface area contributed by atoms with Crippen LogP contribution in [0.15, 0.2) is 6.07 Å². The molecule has 0 aromatic carbocycles. The molecule has 1 atom stereocenters. The van der Waals surface area contributed by atoms with Crippen molar-refractivity contribution in [1.82, 2.24) is 9.97 Å². The molecule has 17 heavy (non-hydrogen) atoms. The number of nitrogens with one attached hydrogen (secondary N) is 1. The summed E-state index contributed by atoms with van der Waals surface area (Å²) < 4.78 is 0. The zero-order valence-electron chi connectivity index (χ0n) is 9.66. The summed E-state index contributed by atoms with van der Waals surface area (Å²) in [7, 11) is 0. The fourth-order valence-corrected chi connectivity index (χ4v) is 3.36. The van der Waals surface area contributed by atoms with Crippen LogP contribution < -0.4 is 5.32 Å². The third-order valence-electron chi connectivity index (χ3n) is 3.17. The molecule has 2 aliphatic rings. The van der Waals surface area contributed by atoms with Crippen LogP contribution in [0.2, 0.25) is 5.15 Å². The van der Waals surface area contributed by atoms with E-state index in [4.69, 9.17) is 11.6 Å². The third kappa shape index (κ3) is 3.05. The standard InChI is InChI=1S/C12H16ClN3S/c13-10-6-11(14-9-2-1-5-17-7-9)16-12(15-10)8-3-4-8/h6,8-9H,1-5,7H2,(H,14,15,16). The van der Waals surface area contributed by atoms with Gasteiger partial charge in [0.15, 0.2) is 0 Å². The summed E-state index contributed by atoms with van der Waals surface area (Å²) in [5, 5.41) is 4.05. The van der Waals surface area contributed by atoms with Gasteiger partial charge in [0.2, 0.25) is 0 Å². The Morgan fingerprint density at radius 2 is 2.18 bits per heavy atom. The molecule has 92 valence electrons. The molecule has 1 saturated carbocycles. The number of hydrogen-bond donors (Lipinski definition) is 1. The maximum absolute atomic E-state index is 6.04. The van der Waals surface area contributed by atoms with Crippen molar-refractivity contribution in [3.8, 4) is 0 Å². The highest BCUT2D eigenvalue weighted by Gasteiger charge is 2.27. The Kier molecular flexibility index (Phi) is 3.43. The predicted octanol–water partition coefficient (Wildman–Crippen LogP) is 3.31. The van der Waals surface area contributed by atoms with E-state index in [2.05, 4.69) is 15.3 Å². The second-order valence-corrected chi connectivity index (χ2v) is 6.30. The first-order valence-corrected chi connectivity index (χ1v) is 7.73. The Labute approximate surface area is 111 Å². The molecular formula is C12H16ClN3S. The van der Waals surface area contributed by atoms with E-state index in [1.807, 2.05) is 17.8 Å². The van der Waals surface area contributed by atoms with Crippen LogP contribution in [0.5, 0.6) is 0 Å². The second-order valence-electron chi connectivity index (χ2n) is 4.77. The molecule has 1 aliphatic heterocycles. The summed E-state index contributed by atoms with van der Waals surface area (Å²) in [5.74, 6) is 4.83. The zero-order valence-corrected chi connectivity index (χ0v) is 11.2. The van der Waals surface area contributed by atoms with Gasteiger partial charge in [0.05, 0.1) is 0 Å². The number of aromatic nitrogens is 2. The molecule has 1 aromatic rings. The second kappa shape index (κ2) is 5.02. The van der Waals surface area contributed by atoms with Gasteiger partial charge in [-0.25, -0.2) is 9.97 Å². The average molecular weight is 270 g/mol. The molecule has 0 bridgehead atoms. The Morgan fingerprint density at radius 3 is 2.88 bits per heavy atom. The molecule has 5 heteroatoms. The maximum atomic E-state index is 6.04. The highest BCUT2D eigenvalue weighted by molar-refractivity contribution is 7.99. The predicted molar refractivity (Wildman–Crippen MR) is 73.0 cm³/mol. The number of thioether (sulfide) groups is 1. The Bertz CT molecular complexity index is 403. The molecule has 0 radical (unpaired) electrons. The van der Waals surface area contributed by atoms with Crippen LogP contribution in [0.25, 0.3) is 0 Å². The van der Waals surface area contributed by atoms with Crippen molar-refractivity contribution in [3.05, 3.63) is 17.0 Å². The van der Waals surface area contributed by atoms with Crippen molar-refractivity contribution in [2.24, 2.45) is 0 Å². The fraction of sp³-hybridized carbons (Fsp3) is 0.667. The lowest BCUT2D eigenvalue weighted by atomic mass is 10.2. The van der Waals surface area contributed by atoms with Gasteiger partial charge in [-0.2, -0.15) is 11.8 Å². The first-order chi connectivity index (χ1) is 8.31. The normalized spacial score (nSPS) is 24.6. The van der Waals surface area contributed by atoms with Gasteiger partial charge in [0, 0.05) is 23.8 Å². The van der Waals surface area contributed by atoms with E-state index in [-0.39, 0.29) is 0 Å². The topological polar surface area (TPSA) is 37.8 Å². The van der Waals surface area contributed by atoms with Gasteiger partial charge < -0.3 is 5.32 Å². The molecule has 1 aromatic heterocycles. The van der Waals surface area contributed by atoms with Crippen LogP contribution in [0.1, 0.15) is 37.4 Å². The van der Waals surface area contributed by atoms with Crippen LogP contribution in [0.3, 0.4) is 0 Å². The maximum Gasteiger partial charge on any atom is 0.135 e. The number of hydrogen-bond acceptors (Lipinski definition) is 4. The lowest BCUT2D eigenvalue weighted by molar-refractivity contribution is 0.681. The highest BCUT2D eigenvalue weighted by Crippen LogP contribution is 2.38. The number of anilines is 1. The number of nitrogens with zero attached hydrogens (tertiary/aromatic N) is 2. The highest BCUT2D eigenvalue weighted by atomic mass is 35.5. The molecular weight excluding hydrogens is 254 g/mol. The smallest absolute Gasteiger partial charge is 0.135 e. The molecule has 3 nitrogen and oxygen atoms in total. The van der Waals surface area contributed by atoms with Crippen molar-refractivity contribution in [2.75, 3.05) is 16.8 Å². The molecule has 0 spiro atoms. The lowest BCUT2D eigenvalue weighted by Crippen LogP contribution is -2.26. The fourth-order valence-electron chi connectivity index (χ4n) is 2.10. The lowest BCUT2D eigenvalue weighted by Gasteiger charge is -2.23. The van der Waals surface area contributed by atoms with Crippen molar-refractivity contribution in [3.63, 3.8) is 0 Å². The van der Waals surface area contributed by atoms with Gasteiger partial charge >= 0.3 is 0 Å². The minimum Gasteiger partial charge on any atom is -0.366 e. The molecule has 1 saturated heterocycles. The van der Waals surface area contributed by atoms with Crippen LogP contribution in [0.4, 0.5) is 5.82 Å². The van der Waals surface area contributed by atoms with Crippen molar-refractivity contribution in [2.45, 2.75) is 37.6 Å². The summed E-state index contributed by atoms with van der Waals surface area (Å²) in [6, 6.07) is 2.37. The van der Waals surface area contributed by atoms with Gasteiger partial charge in [-0.15, -0.1) is 0 Å². The number of halogens is 1. The van der Waals surface area contributed by atoms with Gasteiger partial charge in [0.1, 0.15) is 16.8 Å². The van der Waals surface area contributed by atoms with E-state index in [0.717, 1.165) is 11.6 Å². The summed E-state index contributed by atoms with van der Waals surface area (Å²) in [6.45, 7) is 0. The Morgan fingerprint density at radius 1 is 1.29 bits per heavy atom. The van der Waals surface area contributed by atoms with Crippen LogP contribution in [0, 0.1) is 0 Å². The Hall–Kier alpha value is -0.480. The number of rotatable bonds is 3. The van der Waals surface area contributed by atoms with E-state index < -0.39 is 0 Å². The average Bonchev–Trinajstić information content (AvgIpc) is 3.13. The Balaban J connectivity index is 1.72. The molecule has 2 heterocycles. The molecule has 2 fully saturated rings. The van der Waals surface area contributed by atoms with E-state index in [1.54, 1.807) is 0 Å². The van der Waals surface area contributed by atoms with Crippen LogP contribution in [-0.2, 0) is 0 Å². The SMILES string of the molecule is Clc1cc(NC2CCCSC2)nc(C2CC2)n1. The summed E-state index contributed by atoms with van der Waals surface area (Å²) >= 11 is 8.05. The minimum atomic E-state index is 0.534. The third-order valence-corrected chi connectivity index (χ3v) is 4.58. The van der Waals surface area contributed by atoms with E-state index in [9.17, 15) is 0 Å². The first kappa shape index (κ1) is 11.6. The summed E-state index contributed by atoms with van der Waals surface area (Å²) in [6.07, 6.45) is 4.93. The molecule has 1 N–H and O–H groups in total. The van der Waals surface area contributed by atoms with Crippen molar-refractivity contribution in [1.29, 1.82) is 0 Å². The van der Waals surface area contributed by atoms with Gasteiger partial charge in [0.25, 0.3) is 0 Å². The molecule has 1 unspecified atom stereocenters. The first-order valence-electron chi connectivity index (χ1n) is 6.20. The summed E-state index contributed by atoms with van der Waals surface area (Å²) in [5.41, 5.74) is 0. The van der Waals surface area contributed by atoms with E-state index in [0.29, 0.717) is 17.1 Å². The van der Waals surface area contributed by atoms with Crippen molar-refractivity contribution < 1.29 is 0 Å². The zero-order chi connectivity index (χ0) is 11.7.